The Balaban J connectivity index is 1.77. The summed E-state index contributed by atoms with van der Waals surface area (Å²) in [5.41, 5.74) is 4.00. The Labute approximate surface area is 166 Å². The smallest absolute Gasteiger partial charge is 0.190 e. The molecule has 4 rings (SSSR count). The molecular formula is C20H17ClN4OS. The summed E-state index contributed by atoms with van der Waals surface area (Å²) in [5, 5.41) is 17.1. The van der Waals surface area contributed by atoms with Gasteiger partial charge in [0.2, 0.25) is 0 Å². The molecule has 0 radical (unpaired) electrons. The summed E-state index contributed by atoms with van der Waals surface area (Å²) in [6.07, 6.45) is 3.60. The molecule has 0 bridgehead atoms. The molecule has 1 aliphatic carbocycles. The number of nitrogens with zero attached hydrogens (tertiary/aromatic N) is 4. The topological polar surface area (TPSA) is 71.6 Å². The van der Waals surface area contributed by atoms with Gasteiger partial charge < -0.3 is 0 Å². The van der Waals surface area contributed by atoms with Crippen molar-refractivity contribution in [1.82, 2.24) is 14.8 Å². The highest BCUT2D eigenvalue weighted by Crippen LogP contribution is 2.43. The minimum absolute atomic E-state index is 0.238. The molecule has 136 valence electrons. The van der Waals surface area contributed by atoms with Gasteiger partial charge in [-0.3, -0.25) is 4.79 Å². The molecule has 0 N–H and O–H groups in total. The van der Waals surface area contributed by atoms with Crippen molar-refractivity contribution in [3.63, 3.8) is 0 Å². The Bertz CT molecular complexity index is 1070. The van der Waals surface area contributed by atoms with Gasteiger partial charge in [-0.05, 0) is 44.4 Å². The molecule has 1 saturated carbocycles. The lowest BCUT2D eigenvalue weighted by Crippen LogP contribution is -2.13. The van der Waals surface area contributed by atoms with Crippen LogP contribution in [0.3, 0.4) is 0 Å². The number of carbonyl (C=O) groups excluding carboxylic acids is 1. The number of hydrogen-bond acceptors (Lipinski definition) is 5. The van der Waals surface area contributed by atoms with E-state index in [1.807, 2.05) is 37.4 Å². The Hall–Kier alpha value is -2.49. The van der Waals surface area contributed by atoms with Crippen molar-refractivity contribution < 1.29 is 4.79 Å². The third-order valence-electron chi connectivity index (χ3n) is 4.71. The average molecular weight is 397 g/mol. The Kier molecular flexibility index (Phi) is 4.58. The molecule has 2 aromatic heterocycles. The van der Waals surface area contributed by atoms with E-state index in [9.17, 15) is 10.1 Å². The summed E-state index contributed by atoms with van der Waals surface area (Å²) in [5.74, 6) is -0.859. The van der Waals surface area contributed by atoms with E-state index in [0.717, 1.165) is 35.5 Å². The second kappa shape index (κ2) is 6.91. The van der Waals surface area contributed by atoms with Crippen molar-refractivity contribution in [2.24, 2.45) is 0 Å². The molecule has 1 aromatic carbocycles. The maximum atomic E-state index is 13.2. The maximum Gasteiger partial charge on any atom is 0.190 e. The van der Waals surface area contributed by atoms with Crippen molar-refractivity contribution in [3.05, 3.63) is 62.3 Å². The van der Waals surface area contributed by atoms with Gasteiger partial charge in [-0.25, -0.2) is 9.67 Å². The minimum Gasteiger partial charge on any atom is -0.292 e. The Morgan fingerprint density at radius 2 is 2.19 bits per heavy atom. The van der Waals surface area contributed by atoms with Gasteiger partial charge in [0.1, 0.15) is 5.01 Å². The molecule has 1 unspecified atom stereocenters. The molecule has 27 heavy (non-hydrogen) atoms. The van der Waals surface area contributed by atoms with Gasteiger partial charge in [0.15, 0.2) is 11.7 Å². The summed E-state index contributed by atoms with van der Waals surface area (Å²) in [6.45, 7) is 3.80. The maximum absolute atomic E-state index is 13.2. The van der Waals surface area contributed by atoms with Crippen LogP contribution < -0.4 is 0 Å². The third-order valence-corrected chi connectivity index (χ3v) is 6.15. The molecule has 1 fully saturated rings. The van der Waals surface area contributed by atoms with E-state index >= 15 is 0 Å². The van der Waals surface area contributed by atoms with E-state index in [2.05, 4.69) is 16.2 Å². The fourth-order valence-corrected chi connectivity index (χ4v) is 4.11. The van der Waals surface area contributed by atoms with Gasteiger partial charge in [-0.2, -0.15) is 10.4 Å². The van der Waals surface area contributed by atoms with Crippen molar-refractivity contribution >= 4 is 28.7 Å². The Morgan fingerprint density at radius 1 is 1.41 bits per heavy atom. The predicted molar refractivity (Wildman–Crippen MR) is 105 cm³/mol. The highest BCUT2D eigenvalue weighted by atomic mass is 35.5. The van der Waals surface area contributed by atoms with E-state index in [0.29, 0.717) is 15.6 Å². The van der Waals surface area contributed by atoms with E-state index in [1.165, 1.54) is 11.3 Å². The second-order valence-corrected chi connectivity index (χ2v) is 8.11. The van der Waals surface area contributed by atoms with Crippen molar-refractivity contribution in [1.29, 1.82) is 5.26 Å². The first kappa shape index (κ1) is 17.9. The highest BCUT2D eigenvalue weighted by Gasteiger charge is 2.36. The quantitative estimate of drug-likeness (QED) is 0.571. The zero-order valence-corrected chi connectivity index (χ0v) is 16.5. The average Bonchev–Trinajstić information content (AvgIpc) is 3.25. The molecule has 1 aliphatic rings. The molecule has 2 heterocycles. The van der Waals surface area contributed by atoms with Gasteiger partial charge in [0, 0.05) is 22.0 Å². The number of ketones is 1. The first-order chi connectivity index (χ1) is 13.0. The van der Waals surface area contributed by atoms with Gasteiger partial charge in [0.05, 0.1) is 29.2 Å². The predicted octanol–water partition coefficient (Wildman–Crippen LogP) is 4.97. The van der Waals surface area contributed by atoms with E-state index in [4.69, 9.17) is 11.6 Å². The number of rotatable bonds is 5. The molecule has 7 heteroatoms. The minimum atomic E-state index is -0.902. The molecule has 3 aromatic rings. The summed E-state index contributed by atoms with van der Waals surface area (Å²) >= 11 is 7.62. The number of Topliss-reactive ketones (excluding diaryl/α,β-unsaturated/α-hetero) is 1. The molecule has 0 aliphatic heterocycles. The van der Waals surface area contributed by atoms with Crippen molar-refractivity contribution in [3.8, 4) is 11.8 Å². The lowest BCUT2D eigenvalue weighted by atomic mass is 9.98. The summed E-state index contributed by atoms with van der Waals surface area (Å²) in [4.78, 5) is 17.5. The van der Waals surface area contributed by atoms with Gasteiger partial charge in [-0.1, -0.05) is 17.7 Å². The summed E-state index contributed by atoms with van der Waals surface area (Å²) in [7, 11) is 0. The van der Waals surface area contributed by atoms with Crippen LogP contribution in [0.15, 0.2) is 29.8 Å². The normalized spacial score (nSPS) is 14.7. The lowest BCUT2D eigenvalue weighted by Gasteiger charge is -2.11. The summed E-state index contributed by atoms with van der Waals surface area (Å²) < 4.78 is 1.79. The van der Waals surface area contributed by atoms with Crippen molar-refractivity contribution in [2.75, 3.05) is 0 Å². The second-order valence-electron chi connectivity index (χ2n) is 6.82. The Morgan fingerprint density at radius 3 is 2.78 bits per heavy atom. The number of benzene rings is 1. The molecule has 0 saturated heterocycles. The number of carbonyl (C=O) groups is 1. The van der Waals surface area contributed by atoms with Crippen LogP contribution in [0.4, 0.5) is 0 Å². The van der Waals surface area contributed by atoms with E-state index in [1.54, 1.807) is 10.9 Å². The standard InChI is InChI=1S/C20H17ClN4OS/c1-11-3-6-14(7-17(11)21)25-18(13-4-5-13)16(9-23-25)19(26)15(8-22)20-24-12(2)10-27-20/h3,6-7,9-10,13,15H,4-5H2,1-2H3. The van der Waals surface area contributed by atoms with E-state index in [-0.39, 0.29) is 11.7 Å². The summed E-state index contributed by atoms with van der Waals surface area (Å²) in [6, 6.07) is 7.86. The fourth-order valence-electron chi connectivity index (χ4n) is 3.10. The van der Waals surface area contributed by atoms with Gasteiger partial charge >= 0.3 is 0 Å². The van der Waals surface area contributed by atoms with Crippen LogP contribution in [0.2, 0.25) is 5.02 Å². The van der Waals surface area contributed by atoms with Crippen LogP contribution in [0, 0.1) is 25.2 Å². The highest BCUT2D eigenvalue weighted by molar-refractivity contribution is 7.10. The number of hydrogen-bond donors (Lipinski definition) is 0. The number of aromatic nitrogens is 3. The first-order valence-corrected chi connectivity index (χ1v) is 9.95. The zero-order chi connectivity index (χ0) is 19.1. The number of nitriles is 1. The largest absolute Gasteiger partial charge is 0.292 e. The molecule has 0 amide bonds. The monoisotopic (exact) mass is 396 g/mol. The molecule has 0 spiro atoms. The number of thiazole rings is 1. The zero-order valence-electron chi connectivity index (χ0n) is 14.9. The third kappa shape index (κ3) is 3.29. The van der Waals surface area contributed by atoms with Crippen LogP contribution in [-0.2, 0) is 0 Å². The number of halogens is 1. The molecule has 1 atom stereocenters. The molecular weight excluding hydrogens is 380 g/mol. The van der Waals surface area contributed by atoms with Crippen molar-refractivity contribution in [2.45, 2.75) is 38.5 Å². The number of aryl methyl sites for hydroxylation is 2. The van der Waals surface area contributed by atoms with Crippen LogP contribution >= 0.6 is 22.9 Å². The lowest BCUT2D eigenvalue weighted by molar-refractivity contribution is 0.0977. The van der Waals surface area contributed by atoms with Crippen LogP contribution in [0.25, 0.3) is 5.69 Å². The van der Waals surface area contributed by atoms with Crippen LogP contribution in [0.1, 0.15) is 57.0 Å². The van der Waals surface area contributed by atoms with Gasteiger partial charge in [0.25, 0.3) is 0 Å². The SMILES string of the molecule is Cc1csc(C(C#N)C(=O)c2cnn(-c3ccc(C)c(Cl)c3)c2C2CC2)n1. The first-order valence-electron chi connectivity index (χ1n) is 8.70. The van der Waals surface area contributed by atoms with Gasteiger partial charge in [-0.15, -0.1) is 11.3 Å². The van der Waals surface area contributed by atoms with E-state index < -0.39 is 5.92 Å². The molecule has 5 nitrogen and oxygen atoms in total. The van der Waals surface area contributed by atoms with Crippen LogP contribution in [-0.4, -0.2) is 20.5 Å². The fraction of sp³-hybridized carbons (Fsp3) is 0.300. The van der Waals surface area contributed by atoms with Crippen LogP contribution in [0.5, 0.6) is 0 Å².